The van der Waals surface area contributed by atoms with Gasteiger partial charge in [0.1, 0.15) is 5.82 Å². The zero-order chi connectivity index (χ0) is 9.84. The van der Waals surface area contributed by atoms with Crippen molar-refractivity contribution < 1.29 is 4.39 Å². The van der Waals surface area contributed by atoms with Crippen LogP contribution in [0.3, 0.4) is 0 Å². The van der Waals surface area contributed by atoms with Crippen LogP contribution in [0.1, 0.15) is 12.5 Å². The van der Waals surface area contributed by atoms with Gasteiger partial charge < -0.3 is 0 Å². The molecule has 0 aromatic heterocycles. The Morgan fingerprint density at radius 3 is 2.85 bits per heavy atom. The third kappa shape index (κ3) is 2.39. The first-order valence-corrected chi connectivity index (χ1v) is 4.13. The second-order valence-electron chi connectivity index (χ2n) is 2.53. The van der Waals surface area contributed by atoms with E-state index < -0.39 is 5.82 Å². The van der Waals surface area contributed by atoms with E-state index in [2.05, 4.69) is 11.6 Å². The van der Waals surface area contributed by atoms with E-state index in [4.69, 9.17) is 11.6 Å². The largest absolute Gasteiger partial charge is 0.262 e. The third-order valence-corrected chi connectivity index (χ3v) is 1.91. The van der Waals surface area contributed by atoms with Crippen LogP contribution >= 0.6 is 11.6 Å². The summed E-state index contributed by atoms with van der Waals surface area (Å²) in [6.45, 7) is 5.28. The molecule has 0 spiro atoms. The van der Waals surface area contributed by atoms with Gasteiger partial charge in [-0.2, -0.15) is 0 Å². The van der Waals surface area contributed by atoms with Gasteiger partial charge in [0.2, 0.25) is 0 Å². The molecule has 0 aliphatic rings. The number of hydrogen-bond donors (Lipinski definition) is 0. The minimum Gasteiger partial charge on any atom is -0.262 e. The molecular formula is C10H9ClFN. The van der Waals surface area contributed by atoms with Crippen molar-refractivity contribution in [2.24, 2.45) is 4.99 Å². The molecule has 0 unspecified atom stereocenters. The maximum Gasteiger partial charge on any atom is 0.141 e. The van der Waals surface area contributed by atoms with E-state index in [1.165, 1.54) is 12.3 Å². The molecule has 1 aromatic rings. The first kappa shape index (κ1) is 9.93. The highest BCUT2D eigenvalue weighted by Gasteiger charge is 2.02. The number of hydrogen-bond acceptors (Lipinski definition) is 1. The third-order valence-electron chi connectivity index (χ3n) is 1.62. The quantitative estimate of drug-likeness (QED) is 0.645. The molecule has 0 amide bonds. The molecule has 1 nitrogen and oxygen atoms in total. The van der Waals surface area contributed by atoms with E-state index >= 15 is 0 Å². The highest BCUT2D eigenvalue weighted by Crippen LogP contribution is 2.16. The van der Waals surface area contributed by atoms with Crippen molar-refractivity contribution in [1.82, 2.24) is 0 Å². The zero-order valence-corrected chi connectivity index (χ0v) is 7.98. The Hall–Kier alpha value is -1.15. The first-order valence-electron chi connectivity index (χ1n) is 3.76. The van der Waals surface area contributed by atoms with Gasteiger partial charge in [0.05, 0.1) is 5.02 Å². The predicted molar refractivity (Wildman–Crippen MR) is 53.8 cm³/mol. The van der Waals surface area contributed by atoms with Gasteiger partial charge in [0, 0.05) is 11.9 Å². The Labute approximate surface area is 81.6 Å². The summed E-state index contributed by atoms with van der Waals surface area (Å²) < 4.78 is 12.8. The molecule has 0 atom stereocenters. The van der Waals surface area contributed by atoms with E-state index in [-0.39, 0.29) is 5.02 Å². The molecule has 1 rings (SSSR count). The Morgan fingerprint density at radius 2 is 2.31 bits per heavy atom. The molecule has 13 heavy (non-hydrogen) atoms. The SMILES string of the molecule is C=CN=C(C)c1ccc(F)c(Cl)c1. The topological polar surface area (TPSA) is 12.4 Å². The summed E-state index contributed by atoms with van der Waals surface area (Å²) in [4.78, 5) is 3.97. The van der Waals surface area contributed by atoms with Crippen molar-refractivity contribution in [2.75, 3.05) is 0 Å². The number of benzene rings is 1. The van der Waals surface area contributed by atoms with Crippen molar-refractivity contribution in [1.29, 1.82) is 0 Å². The molecule has 0 bridgehead atoms. The fourth-order valence-corrected chi connectivity index (χ4v) is 1.11. The molecule has 0 radical (unpaired) electrons. The molecule has 0 fully saturated rings. The molecule has 0 N–H and O–H groups in total. The van der Waals surface area contributed by atoms with E-state index in [1.807, 2.05) is 6.92 Å². The molecule has 0 saturated heterocycles. The average molecular weight is 198 g/mol. The Balaban J connectivity index is 3.10. The highest BCUT2D eigenvalue weighted by atomic mass is 35.5. The van der Waals surface area contributed by atoms with Crippen molar-refractivity contribution in [3.63, 3.8) is 0 Å². The lowest BCUT2D eigenvalue weighted by atomic mass is 10.1. The summed E-state index contributed by atoms with van der Waals surface area (Å²) >= 11 is 5.60. The average Bonchev–Trinajstić information content (AvgIpc) is 2.10. The van der Waals surface area contributed by atoms with Crippen LogP contribution in [0.4, 0.5) is 4.39 Å². The summed E-state index contributed by atoms with van der Waals surface area (Å²) in [6.07, 6.45) is 1.44. The lowest BCUT2D eigenvalue weighted by molar-refractivity contribution is 0.628. The van der Waals surface area contributed by atoms with Crippen molar-refractivity contribution in [3.05, 3.63) is 47.4 Å². The minimum absolute atomic E-state index is 0.108. The monoisotopic (exact) mass is 197 g/mol. The zero-order valence-electron chi connectivity index (χ0n) is 7.22. The number of aliphatic imine (C=N–C) groups is 1. The normalized spacial score (nSPS) is 11.5. The highest BCUT2D eigenvalue weighted by molar-refractivity contribution is 6.31. The van der Waals surface area contributed by atoms with Gasteiger partial charge in [0.25, 0.3) is 0 Å². The number of halogens is 2. The summed E-state index contributed by atoms with van der Waals surface area (Å²) in [5.41, 5.74) is 1.56. The molecule has 0 aliphatic heterocycles. The van der Waals surface area contributed by atoms with Crippen LogP contribution in [0.15, 0.2) is 36.0 Å². The minimum atomic E-state index is -0.420. The Kier molecular flexibility index (Phi) is 3.20. The van der Waals surface area contributed by atoms with Crippen LogP contribution in [-0.2, 0) is 0 Å². The van der Waals surface area contributed by atoms with Crippen LogP contribution < -0.4 is 0 Å². The molecule has 0 saturated carbocycles. The van der Waals surface area contributed by atoms with Gasteiger partial charge in [-0.3, -0.25) is 4.99 Å². The van der Waals surface area contributed by atoms with Gasteiger partial charge >= 0.3 is 0 Å². The van der Waals surface area contributed by atoms with Gasteiger partial charge in [-0.05, 0) is 24.6 Å². The lowest BCUT2D eigenvalue weighted by Gasteiger charge is -2.00. The molecule has 68 valence electrons. The summed E-state index contributed by atoms with van der Waals surface area (Å²) in [6, 6.07) is 4.49. The number of nitrogens with zero attached hydrogens (tertiary/aromatic N) is 1. The molecule has 0 aliphatic carbocycles. The fourth-order valence-electron chi connectivity index (χ4n) is 0.933. The molecule has 3 heteroatoms. The first-order chi connectivity index (χ1) is 6.15. The van der Waals surface area contributed by atoms with E-state index in [9.17, 15) is 4.39 Å². The predicted octanol–water partition coefficient (Wildman–Crippen LogP) is 3.43. The van der Waals surface area contributed by atoms with Gasteiger partial charge in [-0.1, -0.05) is 24.2 Å². The Bertz CT molecular complexity index is 358. The molecule has 1 aromatic carbocycles. The Morgan fingerprint density at radius 1 is 1.62 bits per heavy atom. The van der Waals surface area contributed by atoms with Crippen LogP contribution in [0.25, 0.3) is 0 Å². The van der Waals surface area contributed by atoms with Crippen LogP contribution in [0.2, 0.25) is 5.02 Å². The van der Waals surface area contributed by atoms with E-state index in [0.29, 0.717) is 0 Å². The number of rotatable bonds is 2. The smallest absolute Gasteiger partial charge is 0.141 e. The second kappa shape index (κ2) is 4.19. The van der Waals surface area contributed by atoms with Crippen LogP contribution in [0.5, 0.6) is 0 Å². The molecular weight excluding hydrogens is 189 g/mol. The summed E-state index contributed by atoms with van der Waals surface area (Å²) in [5.74, 6) is -0.420. The van der Waals surface area contributed by atoms with Crippen LogP contribution in [-0.4, -0.2) is 5.71 Å². The van der Waals surface area contributed by atoms with Gasteiger partial charge in [-0.25, -0.2) is 4.39 Å². The van der Waals surface area contributed by atoms with E-state index in [0.717, 1.165) is 11.3 Å². The van der Waals surface area contributed by atoms with Crippen molar-refractivity contribution in [3.8, 4) is 0 Å². The lowest BCUT2D eigenvalue weighted by Crippen LogP contribution is -1.94. The van der Waals surface area contributed by atoms with Gasteiger partial charge in [-0.15, -0.1) is 0 Å². The summed E-state index contributed by atoms with van der Waals surface area (Å²) in [7, 11) is 0. The summed E-state index contributed by atoms with van der Waals surface area (Å²) in [5, 5.41) is 0.108. The van der Waals surface area contributed by atoms with Gasteiger partial charge in [0.15, 0.2) is 0 Å². The maximum absolute atomic E-state index is 12.8. The van der Waals surface area contributed by atoms with Crippen LogP contribution in [0, 0.1) is 5.82 Å². The van der Waals surface area contributed by atoms with Crippen molar-refractivity contribution in [2.45, 2.75) is 6.92 Å². The maximum atomic E-state index is 12.8. The van der Waals surface area contributed by atoms with Crippen molar-refractivity contribution >= 4 is 17.3 Å². The van der Waals surface area contributed by atoms with E-state index in [1.54, 1.807) is 12.1 Å². The molecule has 0 heterocycles. The standard InChI is InChI=1S/C10H9ClFN/c1-3-13-7(2)8-4-5-10(12)9(11)6-8/h3-6H,1H2,2H3. The fraction of sp³-hybridized carbons (Fsp3) is 0.100. The second-order valence-corrected chi connectivity index (χ2v) is 2.93.